The number of carboxylic acids is 1. The zero-order valence-corrected chi connectivity index (χ0v) is 35.8. The molecule has 14 nitrogen and oxygen atoms in total. The van der Waals surface area contributed by atoms with Crippen molar-refractivity contribution in [1.29, 1.82) is 0 Å². The standard InChI is InChI=1S/C23H21FN2O4.C12H13FO4.C11H12N2O2/c1-12-6-7-13(2)19-16(12)11-18(28-19)20-25-21(30-26-20)14-8-9-15(17(24)10-14)22(27)29-23(3,4)5;1-12(2,3)17-11(16)8-5-4-7(10(14)15)6-9(8)13;1-6-3-4-7(2)10-8(6)5-9(15-10)11(12)13-14/h6-11H,1-5H3;4-6H,1-3H3,(H,14,15);3-5,14H,1-2H3,(H2,12,13). The van der Waals surface area contributed by atoms with Gasteiger partial charge in [-0.1, -0.05) is 34.6 Å². The Balaban J connectivity index is 0.000000192. The van der Waals surface area contributed by atoms with Crippen LogP contribution >= 0.6 is 0 Å². The highest BCUT2D eigenvalue weighted by Crippen LogP contribution is 2.32. The van der Waals surface area contributed by atoms with Crippen molar-refractivity contribution < 1.29 is 56.3 Å². The molecule has 4 N–H and O–H groups in total. The largest absolute Gasteiger partial charge is 0.478 e. The molecule has 0 fully saturated rings. The lowest BCUT2D eigenvalue weighted by Crippen LogP contribution is -2.24. The fourth-order valence-electron chi connectivity index (χ4n) is 5.80. The molecule has 324 valence electrons. The maximum absolute atomic E-state index is 14.5. The molecule has 3 aromatic heterocycles. The molecular weight excluding hydrogens is 807 g/mol. The van der Waals surface area contributed by atoms with E-state index in [4.69, 9.17) is 38.9 Å². The van der Waals surface area contributed by atoms with E-state index in [9.17, 15) is 23.2 Å². The minimum atomic E-state index is -1.25. The highest BCUT2D eigenvalue weighted by molar-refractivity contribution is 5.99. The molecule has 62 heavy (non-hydrogen) atoms. The van der Waals surface area contributed by atoms with Crippen LogP contribution < -0.4 is 5.73 Å². The molecule has 7 rings (SSSR count). The minimum Gasteiger partial charge on any atom is -0.478 e. The predicted octanol–water partition coefficient (Wildman–Crippen LogP) is 10.5. The number of amidine groups is 1. The van der Waals surface area contributed by atoms with Crippen LogP contribution in [0, 0.1) is 39.3 Å². The number of fused-ring (bicyclic) bond motifs is 2. The van der Waals surface area contributed by atoms with Gasteiger partial charge in [-0.15, -0.1) is 0 Å². The van der Waals surface area contributed by atoms with Crippen molar-refractivity contribution in [2.75, 3.05) is 0 Å². The van der Waals surface area contributed by atoms with E-state index in [0.29, 0.717) is 17.1 Å². The molecule has 0 amide bonds. The van der Waals surface area contributed by atoms with Crippen molar-refractivity contribution in [2.45, 2.75) is 80.4 Å². The van der Waals surface area contributed by atoms with Gasteiger partial charge in [0.15, 0.2) is 11.5 Å². The third kappa shape index (κ3) is 10.9. The number of aromatic nitrogens is 2. The maximum Gasteiger partial charge on any atom is 0.341 e. The van der Waals surface area contributed by atoms with Crippen molar-refractivity contribution in [3.63, 3.8) is 0 Å². The summed E-state index contributed by atoms with van der Waals surface area (Å²) >= 11 is 0. The van der Waals surface area contributed by atoms with Gasteiger partial charge < -0.3 is 38.9 Å². The second-order valence-corrected chi connectivity index (χ2v) is 16.2. The zero-order chi connectivity index (χ0) is 45.8. The van der Waals surface area contributed by atoms with E-state index in [0.717, 1.165) is 62.4 Å². The van der Waals surface area contributed by atoms with E-state index >= 15 is 0 Å². The molecule has 0 atom stereocenters. The minimum absolute atomic E-state index is 0.00926. The van der Waals surface area contributed by atoms with Crippen LogP contribution in [0.1, 0.15) is 101 Å². The Morgan fingerprint density at radius 2 is 1.19 bits per heavy atom. The number of rotatable bonds is 6. The second kappa shape index (κ2) is 18.1. The van der Waals surface area contributed by atoms with Gasteiger partial charge in [-0.25, -0.2) is 23.2 Å². The average Bonchev–Trinajstić information content (AvgIpc) is 3.97. The van der Waals surface area contributed by atoms with Crippen LogP contribution in [-0.4, -0.2) is 55.4 Å². The van der Waals surface area contributed by atoms with Gasteiger partial charge in [0.25, 0.3) is 5.89 Å². The Bertz CT molecular complexity index is 2760. The van der Waals surface area contributed by atoms with E-state index in [2.05, 4.69) is 15.3 Å². The van der Waals surface area contributed by atoms with Crippen LogP contribution in [0.4, 0.5) is 8.78 Å². The fraction of sp³-hybridized carbons (Fsp3) is 0.261. The quantitative estimate of drug-likeness (QED) is 0.0467. The molecule has 7 aromatic rings. The summed E-state index contributed by atoms with van der Waals surface area (Å²) in [4.78, 5) is 38.6. The van der Waals surface area contributed by atoms with Crippen LogP contribution in [0.5, 0.6) is 0 Å². The first-order chi connectivity index (χ1) is 29.0. The first-order valence-electron chi connectivity index (χ1n) is 19.1. The predicted molar refractivity (Wildman–Crippen MR) is 226 cm³/mol. The van der Waals surface area contributed by atoms with Crippen molar-refractivity contribution >= 4 is 45.7 Å². The van der Waals surface area contributed by atoms with Crippen LogP contribution in [0.2, 0.25) is 0 Å². The molecule has 0 bridgehead atoms. The number of benzene rings is 4. The lowest BCUT2D eigenvalue weighted by Gasteiger charge is -2.19. The van der Waals surface area contributed by atoms with Crippen molar-refractivity contribution in [3.8, 4) is 23.0 Å². The first-order valence-corrected chi connectivity index (χ1v) is 19.1. The third-order valence-corrected chi connectivity index (χ3v) is 8.87. The van der Waals surface area contributed by atoms with Gasteiger partial charge in [-0.2, -0.15) is 4.98 Å². The van der Waals surface area contributed by atoms with Gasteiger partial charge in [0.2, 0.25) is 11.7 Å². The molecule has 0 unspecified atom stereocenters. The number of aryl methyl sites for hydroxylation is 4. The van der Waals surface area contributed by atoms with Gasteiger partial charge in [-0.3, -0.25) is 0 Å². The summed E-state index contributed by atoms with van der Waals surface area (Å²) < 4.78 is 54.9. The molecule has 0 spiro atoms. The summed E-state index contributed by atoms with van der Waals surface area (Å²) in [7, 11) is 0. The average molecular weight is 853 g/mol. The molecule has 3 heterocycles. The summed E-state index contributed by atoms with van der Waals surface area (Å²) in [6.45, 7) is 18.1. The highest BCUT2D eigenvalue weighted by atomic mass is 19.1. The molecule has 4 aromatic carbocycles. The zero-order valence-electron chi connectivity index (χ0n) is 35.8. The van der Waals surface area contributed by atoms with Gasteiger partial charge >= 0.3 is 17.9 Å². The molecule has 0 saturated heterocycles. The third-order valence-electron chi connectivity index (χ3n) is 8.87. The van der Waals surface area contributed by atoms with Crippen LogP contribution in [0.15, 0.2) is 91.3 Å². The Morgan fingerprint density at radius 1 is 0.694 bits per heavy atom. The molecule has 0 aliphatic heterocycles. The van der Waals surface area contributed by atoms with Gasteiger partial charge in [0.05, 0.1) is 16.7 Å². The maximum atomic E-state index is 14.5. The number of aromatic carboxylic acids is 1. The molecule has 16 heteroatoms. The first kappa shape index (κ1) is 45.7. The monoisotopic (exact) mass is 852 g/mol. The summed E-state index contributed by atoms with van der Waals surface area (Å²) in [5.74, 6) is -3.20. The van der Waals surface area contributed by atoms with E-state index in [1.165, 1.54) is 18.2 Å². The number of furan rings is 2. The summed E-state index contributed by atoms with van der Waals surface area (Å²) in [5, 5.41) is 26.0. The van der Waals surface area contributed by atoms with E-state index in [1.807, 2.05) is 58.0 Å². The number of halogens is 2. The number of esters is 2. The van der Waals surface area contributed by atoms with E-state index < -0.39 is 40.7 Å². The van der Waals surface area contributed by atoms with Crippen molar-refractivity contribution in [3.05, 3.63) is 129 Å². The number of nitrogens with two attached hydrogens (primary N) is 1. The lowest BCUT2D eigenvalue weighted by atomic mass is 10.1. The molecule has 0 aliphatic rings. The SMILES string of the molecule is CC(C)(C)OC(=O)c1ccc(C(=O)O)cc1F.Cc1ccc(C)c2oc(-c3noc(-c4ccc(C(=O)OC(C)(C)C)c(F)c4)n3)cc12.Cc1ccc(C)c2oc(/C(N)=N\O)cc12. The summed E-state index contributed by atoms with van der Waals surface area (Å²) in [6, 6.07) is 18.8. The number of oxime groups is 1. The number of carbonyl (C=O) groups is 3. The van der Waals surface area contributed by atoms with Crippen LogP contribution in [0.25, 0.3) is 45.0 Å². The highest BCUT2D eigenvalue weighted by Gasteiger charge is 2.24. The Labute approximate surface area is 354 Å². The fourth-order valence-corrected chi connectivity index (χ4v) is 5.80. The van der Waals surface area contributed by atoms with Crippen molar-refractivity contribution in [1.82, 2.24) is 10.1 Å². The molecule has 0 radical (unpaired) electrons. The second-order valence-electron chi connectivity index (χ2n) is 16.2. The number of hydrogen-bond donors (Lipinski definition) is 3. The Morgan fingerprint density at radius 3 is 1.66 bits per heavy atom. The summed E-state index contributed by atoms with van der Waals surface area (Å²) in [5.41, 5.74) is 9.51. The van der Waals surface area contributed by atoms with E-state index in [-0.39, 0.29) is 34.2 Å². The summed E-state index contributed by atoms with van der Waals surface area (Å²) in [6.07, 6.45) is 0. The van der Waals surface area contributed by atoms with Crippen LogP contribution in [0.3, 0.4) is 0 Å². The van der Waals surface area contributed by atoms with Crippen molar-refractivity contribution in [2.24, 2.45) is 10.9 Å². The number of hydrogen-bond acceptors (Lipinski definition) is 12. The van der Waals surface area contributed by atoms with Gasteiger partial charge in [0.1, 0.15) is 34.0 Å². The smallest absolute Gasteiger partial charge is 0.341 e. The van der Waals surface area contributed by atoms with E-state index in [1.54, 1.807) is 47.6 Å². The number of nitrogens with zero attached hydrogens (tertiary/aromatic N) is 3. The molecule has 0 aliphatic carbocycles. The number of carboxylic acid groups (broad SMARTS) is 1. The van der Waals surface area contributed by atoms with Gasteiger partial charge in [-0.05, 0) is 140 Å². The van der Waals surface area contributed by atoms with Crippen LogP contribution in [-0.2, 0) is 9.47 Å². The number of ether oxygens (including phenoxy) is 2. The lowest BCUT2D eigenvalue weighted by molar-refractivity contribution is 0.00518. The number of carbonyl (C=O) groups excluding carboxylic acids is 2. The Kier molecular flexibility index (Phi) is 13.3. The topological polar surface area (TPSA) is 214 Å². The van der Waals surface area contributed by atoms with Gasteiger partial charge in [0, 0.05) is 16.3 Å². The molecular formula is C46H46F2N4O10. The Hall–Kier alpha value is -7.36. The molecule has 0 saturated carbocycles. The normalized spacial score (nSPS) is 11.7.